The smallest absolute Gasteiger partial charge is 0.128 e. The van der Waals surface area contributed by atoms with Gasteiger partial charge in [0.25, 0.3) is 0 Å². The van der Waals surface area contributed by atoms with E-state index in [1.165, 1.54) is 16.7 Å². The molecule has 3 heteroatoms. The normalized spacial score (nSPS) is 26.1. The predicted molar refractivity (Wildman–Crippen MR) is 77.9 cm³/mol. The van der Waals surface area contributed by atoms with Gasteiger partial charge < -0.3 is 14.8 Å². The van der Waals surface area contributed by atoms with Gasteiger partial charge in [0.1, 0.15) is 18.0 Å². The summed E-state index contributed by atoms with van der Waals surface area (Å²) in [5.41, 5.74) is 3.76. The molecule has 1 aliphatic carbocycles. The Morgan fingerprint density at radius 1 is 1.26 bits per heavy atom. The highest BCUT2D eigenvalue weighted by Crippen LogP contribution is 2.31. The lowest BCUT2D eigenvalue weighted by Crippen LogP contribution is -2.60. The molecule has 1 saturated carbocycles. The van der Waals surface area contributed by atoms with Crippen LogP contribution < -0.4 is 10.1 Å². The molecule has 0 saturated heterocycles. The van der Waals surface area contributed by atoms with Crippen LogP contribution >= 0.6 is 0 Å². The Balaban J connectivity index is 2.06. The van der Waals surface area contributed by atoms with Crippen molar-refractivity contribution >= 4 is 0 Å². The Kier molecular flexibility index (Phi) is 4.48. The van der Waals surface area contributed by atoms with E-state index in [1.807, 2.05) is 0 Å². The van der Waals surface area contributed by atoms with E-state index in [0.29, 0.717) is 6.04 Å². The van der Waals surface area contributed by atoms with E-state index in [9.17, 15) is 0 Å². The largest absolute Gasteiger partial charge is 0.487 e. The van der Waals surface area contributed by atoms with E-state index in [4.69, 9.17) is 9.47 Å². The first-order valence-electron chi connectivity index (χ1n) is 7.07. The zero-order valence-corrected chi connectivity index (χ0v) is 12.6. The Morgan fingerprint density at radius 2 is 2.00 bits per heavy atom. The van der Waals surface area contributed by atoms with Crippen molar-refractivity contribution in [1.29, 1.82) is 0 Å². The highest BCUT2D eigenvalue weighted by atomic mass is 16.5. The molecule has 2 rings (SSSR count). The third-order valence-electron chi connectivity index (χ3n) is 4.03. The number of aryl methyl sites for hydroxylation is 2. The number of likely N-dealkylation sites (N-methyl/N-ethyl adjacent to an activating group) is 1. The molecular formula is C16H25NO2. The molecule has 0 amide bonds. The van der Waals surface area contributed by atoms with E-state index in [2.05, 4.69) is 45.1 Å². The summed E-state index contributed by atoms with van der Waals surface area (Å²) in [6.45, 7) is 9.45. The molecule has 1 aliphatic rings. The van der Waals surface area contributed by atoms with E-state index in [1.54, 1.807) is 7.11 Å². The van der Waals surface area contributed by atoms with Crippen molar-refractivity contribution in [2.75, 3.05) is 13.7 Å². The van der Waals surface area contributed by atoms with Gasteiger partial charge in [-0.1, -0.05) is 13.0 Å². The Bertz CT molecular complexity index is 445. The first-order chi connectivity index (χ1) is 9.06. The maximum Gasteiger partial charge on any atom is 0.128 e. The molecule has 1 N–H and O–H groups in total. The molecular weight excluding hydrogens is 238 g/mol. The lowest BCUT2D eigenvalue weighted by molar-refractivity contribution is -0.0886. The molecule has 0 heterocycles. The topological polar surface area (TPSA) is 30.5 Å². The minimum absolute atomic E-state index is 0.153. The third-order valence-corrected chi connectivity index (χ3v) is 4.03. The molecule has 0 spiro atoms. The number of benzene rings is 1. The second-order valence-electron chi connectivity index (χ2n) is 5.46. The monoisotopic (exact) mass is 263 g/mol. The molecule has 0 aliphatic heterocycles. The molecule has 19 heavy (non-hydrogen) atoms. The van der Waals surface area contributed by atoms with Crippen LogP contribution in [0.5, 0.6) is 5.75 Å². The zero-order chi connectivity index (χ0) is 14.0. The van der Waals surface area contributed by atoms with Crippen molar-refractivity contribution < 1.29 is 9.47 Å². The number of nitrogens with one attached hydrogen (secondary N) is 1. The molecule has 106 valence electrons. The maximum atomic E-state index is 6.16. The fraction of sp³-hybridized carbons (Fsp3) is 0.625. The fourth-order valence-electron chi connectivity index (χ4n) is 2.76. The molecule has 1 fully saturated rings. The quantitative estimate of drug-likeness (QED) is 0.886. The van der Waals surface area contributed by atoms with E-state index in [0.717, 1.165) is 18.7 Å². The molecule has 0 radical (unpaired) electrons. The van der Waals surface area contributed by atoms with Crippen molar-refractivity contribution in [3.63, 3.8) is 0 Å². The van der Waals surface area contributed by atoms with Crippen LogP contribution in [-0.4, -0.2) is 31.9 Å². The predicted octanol–water partition coefficient (Wildman–Crippen LogP) is 2.76. The highest BCUT2D eigenvalue weighted by molar-refractivity contribution is 5.42. The summed E-state index contributed by atoms with van der Waals surface area (Å²) in [6, 6.07) is 4.74. The van der Waals surface area contributed by atoms with Crippen LogP contribution in [0.25, 0.3) is 0 Å². The lowest BCUT2D eigenvalue weighted by atomic mass is 9.85. The average molecular weight is 263 g/mol. The second kappa shape index (κ2) is 5.93. The summed E-state index contributed by atoms with van der Waals surface area (Å²) in [5.74, 6) is 1.000. The number of hydrogen-bond acceptors (Lipinski definition) is 3. The molecule has 3 unspecified atom stereocenters. The van der Waals surface area contributed by atoms with Gasteiger partial charge in [0, 0.05) is 19.6 Å². The van der Waals surface area contributed by atoms with E-state index in [-0.39, 0.29) is 12.2 Å². The molecule has 3 nitrogen and oxygen atoms in total. The summed E-state index contributed by atoms with van der Waals surface area (Å²) in [4.78, 5) is 0. The number of methoxy groups -OCH3 is 1. The minimum Gasteiger partial charge on any atom is -0.487 e. The second-order valence-corrected chi connectivity index (χ2v) is 5.46. The van der Waals surface area contributed by atoms with E-state index < -0.39 is 0 Å². The molecule has 0 aromatic heterocycles. The fourth-order valence-corrected chi connectivity index (χ4v) is 2.76. The first-order valence-corrected chi connectivity index (χ1v) is 7.07. The van der Waals surface area contributed by atoms with Crippen LogP contribution in [0.2, 0.25) is 0 Å². The van der Waals surface area contributed by atoms with Crippen molar-refractivity contribution in [1.82, 2.24) is 5.32 Å². The Labute approximate surface area is 116 Å². The van der Waals surface area contributed by atoms with Gasteiger partial charge in [0.15, 0.2) is 0 Å². The summed E-state index contributed by atoms with van der Waals surface area (Å²) in [7, 11) is 1.76. The summed E-state index contributed by atoms with van der Waals surface area (Å²) >= 11 is 0. The van der Waals surface area contributed by atoms with Gasteiger partial charge in [-0.05, 0) is 50.1 Å². The van der Waals surface area contributed by atoms with Crippen molar-refractivity contribution in [3.8, 4) is 5.75 Å². The summed E-state index contributed by atoms with van der Waals surface area (Å²) < 4.78 is 11.7. The summed E-state index contributed by atoms with van der Waals surface area (Å²) in [6.07, 6.45) is 1.33. The van der Waals surface area contributed by atoms with Crippen LogP contribution in [0.4, 0.5) is 0 Å². The van der Waals surface area contributed by atoms with Crippen molar-refractivity contribution in [3.05, 3.63) is 28.8 Å². The van der Waals surface area contributed by atoms with Crippen molar-refractivity contribution in [2.45, 2.75) is 52.4 Å². The first kappa shape index (κ1) is 14.4. The van der Waals surface area contributed by atoms with Gasteiger partial charge in [0.2, 0.25) is 0 Å². The lowest BCUT2D eigenvalue weighted by Gasteiger charge is -2.43. The van der Waals surface area contributed by atoms with Crippen LogP contribution in [0, 0.1) is 20.8 Å². The van der Waals surface area contributed by atoms with Gasteiger partial charge in [0.05, 0.1) is 0 Å². The van der Waals surface area contributed by atoms with Gasteiger partial charge in [-0.3, -0.25) is 0 Å². The number of ether oxygens (including phenoxy) is 2. The van der Waals surface area contributed by atoms with Crippen LogP contribution in [0.3, 0.4) is 0 Å². The third kappa shape index (κ3) is 2.93. The Morgan fingerprint density at radius 3 is 2.63 bits per heavy atom. The standard InChI is InChI=1S/C16H25NO2/c1-6-17-13-9-15(16(13)18-5)19-14-8-10(2)7-11(3)12(14)4/h7-8,13,15-17H,6,9H2,1-5H3. The molecule has 1 aromatic rings. The number of hydrogen-bond donors (Lipinski definition) is 1. The van der Waals surface area contributed by atoms with Crippen LogP contribution in [-0.2, 0) is 4.74 Å². The minimum atomic E-state index is 0.153. The zero-order valence-electron chi connectivity index (χ0n) is 12.6. The van der Waals surface area contributed by atoms with Gasteiger partial charge >= 0.3 is 0 Å². The molecule has 1 aromatic carbocycles. The molecule has 3 atom stereocenters. The van der Waals surface area contributed by atoms with E-state index >= 15 is 0 Å². The average Bonchev–Trinajstić information content (AvgIpc) is 2.34. The van der Waals surface area contributed by atoms with Crippen LogP contribution in [0.1, 0.15) is 30.0 Å². The molecule has 0 bridgehead atoms. The Hall–Kier alpha value is -1.06. The highest BCUT2D eigenvalue weighted by Gasteiger charge is 2.42. The van der Waals surface area contributed by atoms with Gasteiger partial charge in [-0.15, -0.1) is 0 Å². The van der Waals surface area contributed by atoms with Crippen molar-refractivity contribution in [2.24, 2.45) is 0 Å². The summed E-state index contributed by atoms with van der Waals surface area (Å²) in [5, 5.41) is 3.43. The van der Waals surface area contributed by atoms with Gasteiger partial charge in [-0.25, -0.2) is 0 Å². The maximum absolute atomic E-state index is 6.16. The van der Waals surface area contributed by atoms with Gasteiger partial charge in [-0.2, -0.15) is 0 Å². The SMILES string of the molecule is CCNC1CC(Oc2cc(C)cc(C)c2C)C1OC. The number of rotatable bonds is 5. The van der Waals surface area contributed by atoms with Crippen LogP contribution in [0.15, 0.2) is 12.1 Å².